The Bertz CT molecular complexity index is 521. The molecule has 1 aromatic rings. The second-order valence-electron chi connectivity index (χ2n) is 4.96. The fourth-order valence-electron chi connectivity index (χ4n) is 2.23. The summed E-state index contributed by atoms with van der Waals surface area (Å²) < 4.78 is 0. The summed E-state index contributed by atoms with van der Waals surface area (Å²) in [7, 11) is 0. The third-order valence-electron chi connectivity index (χ3n) is 3.31. The van der Waals surface area contributed by atoms with Gasteiger partial charge < -0.3 is 10.4 Å². The van der Waals surface area contributed by atoms with E-state index in [0.29, 0.717) is 11.4 Å². The summed E-state index contributed by atoms with van der Waals surface area (Å²) in [6.45, 7) is 3.88. The number of thioether (sulfide) groups is 1. The fourth-order valence-corrected chi connectivity index (χ4v) is 3.74. The molecule has 0 aliphatic carbocycles. The summed E-state index contributed by atoms with van der Waals surface area (Å²) in [4.78, 5) is 29.3. The second kappa shape index (κ2) is 6.80. The lowest BCUT2D eigenvalue weighted by atomic mass is 10.2. The van der Waals surface area contributed by atoms with Crippen LogP contribution in [-0.4, -0.2) is 44.2 Å². The zero-order valence-corrected chi connectivity index (χ0v) is 12.9. The molecule has 0 saturated carbocycles. The van der Waals surface area contributed by atoms with Crippen molar-refractivity contribution in [1.29, 1.82) is 0 Å². The van der Waals surface area contributed by atoms with Gasteiger partial charge in [-0.3, -0.25) is 9.88 Å². The largest absolute Gasteiger partial charge is 0.480 e. The van der Waals surface area contributed by atoms with Crippen LogP contribution in [0.25, 0.3) is 0 Å². The van der Waals surface area contributed by atoms with Crippen LogP contribution < -0.4 is 5.32 Å². The first-order valence-electron chi connectivity index (χ1n) is 6.89. The lowest BCUT2D eigenvalue weighted by molar-refractivity contribution is -0.141. The van der Waals surface area contributed by atoms with Crippen LogP contribution in [0, 0.1) is 6.92 Å². The van der Waals surface area contributed by atoms with E-state index in [0.717, 1.165) is 18.5 Å². The molecule has 2 rings (SSSR count). The van der Waals surface area contributed by atoms with Gasteiger partial charge in [-0.15, -0.1) is 11.8 Å². The number of carboxylic acid groups (broad SMARTS) is 1. The van der Waals surface area contributed by atoms with Crippen molar-refractivity contribution in [3.63, 3.8) is 0 Å². The van der Waals surface area contributed by atoms with Crippen LogP contribution in [0.5, 0.6) is 0 Å². The number of nitrogens with one attached hydrogen (secondary N) is 1. The zero-order valence-electron chi connectivity index (χ0n) is 12.1. The highest BCUT2D eigenvalue weighted by Crippen LogP contribution is 2.32. The number of carboxylic acids is 1. The van der Waals surface area contributed by atoms with Crippen molar-refractivity contribution in [2.75, 3.05) is 11.1 Å². The number of urea groups is 1. The molecule has 7 heteroatoms. The van der Waals surface area contributed by atoms with E-state index >= 15 is 0 Å². The summed E-state index contributed by atoms with van der Waals surface area (Å²) in [6.07, 6.45) is 3.26. The van der Waals surface area contributed by atoms with Gasteiger partial charge in [-0.25, -0.2) is 9.59 Å². The number of rotatable bonds is 4. The van der Waals surface area contributed by atoms with Gasteiger partial charge in [0.25, 0.3) is 0 Å². The lowest BCUT2D eigenvalue weighted by Gasteiger charge is -2.27. The van der Waals surface area contributed by atoms with Gasteiger partial charge in [0.2, 0.25) is 0 Å². The molecule has 6 nitrogen and oxygen atoms in total. The fraction of sp³-hybridized carbons (Fsp3) is 0.500. The van der Waals surface area contributed by atoms with E-state index in [-0.39, 0.29) is 11.4 Å². The number of pyridine rings is 1. The van der Waals surface area contributed by atoms with Crippen molar-refractivity contribution in [2.45, 2.75) is 38.1 Å². The Morgan fingerprint density at radius 1 is 1.52 bits per heavy atom. The van der Waals surface area contributed by atoms with Gasteiger partial charge in [0.15, 0.2) is 0 Å². The van der Waals surface area contributed by atoms with E-state index in [1.54, 1.807) is 18.3 Å². The van der Waals surface area contributed by atoms with Gasteiger partial charge in [-0.2, -0.15) is 0 Å². The number of hydrogen-bond acceptors (Lipinski definition) is 4. The van der Waals surface area contributed by atoms with Crippen molar-refractivity contribution < 1.29 is 14.7 Å². The Kier molecular flexibility index (Phi) is 5.06. The summed E-state index contributed by atoms with van der Waals surface area (Å²) >= 11 is 1.52. The van der Waals surface area contributed by atoms with Crippen LogP contribution in [-0.2, 0) is 4.79 Å². The summed E-state index contributed by atoms with van der Waals surface area (Å²) in [6, 6.07) is 2.40. The minimum absolute atomic E-state index is 0.0884. The third-order valence-corrected chi connectivity index (χ3v) is 4.67. The van der Waals surface area contributed by atoms with Gasteiger partial charge in [0.05, 0.1) is 17.3 Å². The number of anilines is 1. The molecule has 0 aromatic carbocycles. The Balaban J connectivity index is 2.12. The van der Waals surface area contributed by atoms with E-state index in [9.17, 15) is 14.7 Å². The molecule has 1 aliphatic rings. The molecular formula is C14H19N3O3S. The first-order chi connectivity index (χ1) is 10.0. The maximum atomic E-state index is 12.4. The van der Waals surface area contributed by atoms with Crippen LogP contribution >= 0.6 is 11.8 Å². The Morgan fingerprint density at radius 2 is 2.29 bits per heavy atom. The lowest BCUT2D eigenvalue weighted by Crippen LogP contribution is -2.47. The number of amides is 2. The molecule has 2 atom stereocenters. The molecule has 1 aliphatic heterocycles. The van der Waals surface area contributed by atoms with Crippen molar-refractivity contribution in [2.24, 2.45) is 0 Å². The molecule has 1 aromatic heterocycles. The number of nitrogens with zero attached hydrogens (tertiary/aromatic N) is 2. The third kappa shape index (κ3) is 3.66. The molecule has 0 spiro atoms. The summed E-state index contributed by atoms with van der Waals surface area (Å²) in [5.41, 5.74) is 1.43. The number of hydrogen-bond donors (Lipinski definition) is 2. The maximum absolute atomic E-state index is 12.4. The number of carbonyl (C=O) groups is 2. The molecule has 1 fully saturated rings. The van der Waals surface area contributed by atoms with Gasteiger partial charge >= 0.3 is 12.0 Å². The Morgan fingerprint density at radius 3 is 2.86 bits per heavy atom. The minimum Gasteiger partial charge on any atom is -0.480 e. The number of aromatic nitrogens is 1. The molecule has 2 N–H and O–H groups in total. The van der Waals surface area contributed by atoms with E-state index in [2.05, 4.69) is 10.3 Å². The Labute approximate surface area is 127 Å². The molecular weight excluding hydrogens is 290 g/mol. The van der Waals surface area contributed by atoms with Crippen LogP contribution in [0.1, 0.15) is 25.5 Å². The summed E-state index contributed by atoms with van der Waals surface area (Å²) in [5.74, 6) is -0.530. The average Bonchev–Trinajstić information content (AvgIpc) is 2.86. The molecule has 114 valence electrons. The average molecular weight is 309 g/mol. The maximum Gasteiger partial charge on any atom is 0.327 e. The molecule has 0 radical (unpaired) electrons. The summed E-state index contributed by atoms with van der Waals surface area (Å²) in [5, 5.41) is 11.9. The number of aryl methyl sites for hydroxylation is 1. The smallest absolute Gasteiger partial charge is 0.327 e. The van der Waals surface area contributed by atoms with Gasteiger partial charge in [0, 0.05) is 11.4 Å². The first kappa shape index (κ1) is 15.6. The number of aliphatic carboxylic acids is 1. The predicted molar refractivity (Wildman–Crippen MR) is 82.4 cm³/mol. The standard InChI is InChI=1S/C14H19N3O3S/c1-3-4-12-17(11(8-21-12)13(18)19)14(20)16-10-6-5-9(2)15-7-10/h5-7,11-12H,3-4,8H2,1-2H3,(H,16,20)(H,18,19). The predicted octanol–water partition coefficient (Wildman–Crippen LogP) is 2.55. The highest BCUT2D eigenvalue weighted by Gasteiger charge is 2.41. The zero-order chi connectivity index (χ0) is 15.4. The molecule has 2 amide bonds. The highest BCUT2D eigenvalue weighted by molar-refractivity contribution is 8.00. The monoisotopic (exact) mass is 309 g/mol. The quantitative estimate of drug-likeness (QED) is 0.893. The molecule has 1 saturated heterocycles. The molecule has 0 bridgehead atoms. The highest BCUT2D eigenvalue weighted by atomic mass is 32.2. The van der Waals surface area contributed by atoms with Crippen LogP contribution in [0.3, 0.4) is 0 Å². The van der Waals surface area contributed by atoms with E-state index in [4.69, 9.17) is 0 Å². The van der Waals surface area contributed by atoms with Crippen LogP contribution in [0.15, 0.2) is 18.3 Å². The molecule has 2 unspecified atom stereocenters. The van der Waals surface area contributed by atoms with Crippen molar-refractivity contribution >= 4 is 29.4 Å². The van der Waals surface area contributed by atoms with Crippen molar-refractivity contribution in [3.05, 3.63) is 24.0 Å². The second-order valence-corrected chi connectivity index (χ2v) is 6.17. The number of carbonyl (C=O) groups excluding carboxylic acids is 1. The SMILES string of the molecule is CCCC1SCC(C(=O)O)N1C(=O)Nc1ccc(C)nc1. The van der Waals surface area contributed by atoms with Gasteiger partial charge in [-0.1, -0.05) is 13.3 Å². The van der Waals surface area contributed by atoms with E-state index < -0.39 is 12.0 Å². The molecule has 2 heterocycles. The van der Waals surface area contributed by atoms with Gasteiger partial charge in [0.1, 0.15) is 6.04 Å². The van der Waals surface area contributed by atoms with Crippen LogP contribution in [0.2, 0.25) is 0 Å². The topological polar surface area (TPSA) is 82.5 Å². The van der Waals surface area contributed by atoms with Crippen LogP contribution in [0.4, 0.5) is 10.5 Å². The first-order valence-corrected chi connectivity index (χ1v) is 7.94. The van der Waals surface area contributed by atoms with Crippen molar-refractivity contribution in [3.8, 4) is 0 Å². The minimum atomic E-state index is -0.960. The molecule has 21 heavy (non-hydrogen) atoms. The van der Waals surface area contributed by atoms with E-state index in [1.807, 2.05) is 13.8 Å². The van der Waals surface area contributed by atoms with Crippen molar-refractivity contribution in [1.82, 2.24) is 9.88 Å². The normalized spacial score (nSPS) is 21.3. The Hall–Kier alpha value is -1.76. The van der Waals surface area contributed by atoms with Gasteiger partial charge in [-0.05, 0) is 25.5 Å². The van der Waals surface area contributed by atoms with E-state index in [1.165, 1.54) is 16.7 Å².